The van der Waals surface area contributed by atoms with Gasteiger partial charge < -0.3 is 10.1 Å². The SMILES string of the molecule is CCOc1cc(C)ccc1CNc1cnc(C#N)cn1. The number of rotatable bonds is 5. The Hall–Kier alpha value is -2.61. The second-order valence-electron chi connectivity index (χ2n) is 4.30. The fourth-order valence-electron chi connectivity index (χ4n) is 1.76. The molecule has 20 heavy (non-hydrogen) atoms. The smallest absolute Gasteiger partial charge is 0.158 e. The summed E-state index contributed by atoms with van der Waals surface area (Å²) in [7, 11) is 0. The van der Waals surface area contributed by atoms with Crippen LogP contribution >= 0.6 is 0 Å². The summed E-state index contributed by atoms with van der Waals surface area (Å²) in [5, 5.41) is 11.8. The summed E-state index contributed by atoms with van der Waals surface area (Å²) in [4.78, 5) is 8.09. The molecule has 0 aliphatic rings. The van der Waals surface area contributed by atoms with E-state index in [1.54, 1.807) is 6.20 Å². The summed E-state index contributed by atoms with van der Waals surface area (Å²) in [5.41, 5.74) is 2.53. The van der Waals surface area contributed by atoms with Crippen molar-refractivity contribution in [3.8, 4) is 11.8 Å². The molecule has 0 unspecified atom stereocenters. The summed E-state index contributed by atoms with van der Waals surface area (Å²) < 4.78 is 5.62. The van der Waals surface area contributed by atoms with Crippen molar-refractivity contribution in [2.24, 2.45) is 0 Å². The van der Waals surface area contributed by atoms with Gasteiger partial charge in [0.15, 0.2) is 5.69 Å². The number of aryl methyl sites for hydroxylation is 1. The van der Waals surface area contributed by atoms with E-state index in [1.165, 1.54) is 6.20 Å². The molecule has 2 rings (SSSR count). The Morgan fingerprint density at radius 2 is 2.15 bits per heavy atom. The molecule has 0 spiro atoms. The highest BCUT2D eigenvalue weighted by atomic mass is 16.5. The highest BCUT2D eigenvalue weighted by molar-refractivity contribution is 5.41. The van der Waals surface area contributed by atoms with Crippen LogP contribution in [0.3, 0.4) is 0 Å². The summed E-state index contributed by atoms with van der Waals surface area (Å²) in [6.07, 6.45) is 2.99. The minimum atomic E-state index is 0.306. The van der Waals surface area contributed by atoms with E-state index in [2.05, 4.69) is 15.3 Å². The molecule has 2 aromatic rings. The molecule has 1 heterocycles. The van der Waals surface area contributed by atoms with Gasteiger partial charge in [0.1, 0.15) is 17.6 Å². The molecule has 0 saturated heterocycles. The van der Waals surface area contributed by atoms with Gasteiger partial charge in [-0.25, -0.2) is 9.97 Å². The first-order valence-corrected chi connectivity index (χ1v) is 6.41. The number of aromatic nitrogens is 2. The van der Waals surface area contributed by atoms with Gasteiger partial charge in [0.2, 0.25) is 0 Å². The second-order valence-corrected chi connectivity index (χ2v) is 4.30. The van der Waals surface area contributed by atoms with Crippen LogP contribution in [-0.2, 0) is 6.54 Å². The molecule has 1 N–H and O–H groups in total. The van der Waals surface area contributed by atoms with Gasteiger partial charge in [0, 0.05) is 12.1 Å². The molecule has 0 amide bonds. The molecular weight excluding hydrogens is 252 g/mol. The maximum Gasteiger partial charge on any atom is 0.158 e. The van der Waals surface area contributed by atoms with Gasteiger partial charge in [0.25, 0.3) is 0 Å². The van der Waals surface area contributed by atoms with E-state index in [4.69, 9.17) is 10.00 Å². The van der Waals surface area contributed by atoms with Crippen LogP contribution in [0, 0.1) is 18.3 Å². The lowest BCUT2D eigenvalue weighted by Gasteiger charge is -2.12. The van der Waals surface area contributed by atoms with Crippen LogP contribution in [0.1, 0.15) is 23.7 Å². The van der Waals surface area contributed by atoms with E-state index in [1.807, 2.05) is 38.1 Å². The first-order chi connectivity index (χ1) is 9.72. The van der Waals surface area contributed by atoms with Gasteiger partial charge >= 0.3 is 0 Å². The number of hydrogen-bond acceptors (Lipinski definition) is 5. The fourth-order valence-corrected chi connectivity index (χ4v) is 1.76. The van der Waals surface area contributed by atoms with Crippen LogP contribution in [0.25, 0.3) is 0 Å². The highest BCUT2D eigenvalue weighted by Crippen LogP contribution is 2.21. The Morgan fingerprint density at radius 1 is 1.30 bits per heavy atom. The van der Waals surface area contributed by atoms with Crippen LogP contribution in [0.5, 0.6) is 5.75 Å². The first-order valence-electron chi connectivity index (χ1n) is 6.41. The van der Waals surface area contributed by atoms with E-state index in [-0.39, 0.29) is 0 Å². The van der Waals surface area contributed by atoms with Crippen LogP contribution in [-0.4, -0.2) is 16.6 Å². The minimum absolute atomic E-state index is 0.306. The van der Waals surface area contributed by atoms with Gasteiger partial charge in [-0.15, -0.1) is 0 Å². The summed E-state index contributed by atoms with van der Waals surface area (Å²) in [6.45, 7) is 5.22. The number of anilines is 1. The Kier molecular flexibility index (Phi) is 4.51. The molecule has 0 radical (unpaired) electrons. The molecule has 0 bridgehead atoms. The van der Waals surface area contributed by atoms with Crippen molar-refractivity contribution in [1.82, 2.24) is 9.97 Å². The topological polar surface area (TPSA) is 70.8 Å². The Bertz CT molecular complexity index is 617. The molecule has 0 aliphatic carbocycles. The summed E-state index contributed by atoms with van der Waals surface area (Å²) >= 11 is 0. The van der Waals surface area contributed by atoms with Crippen molar-refractivity contribution in [3.63, 3.8) is 0 Å². The quantitative estimate of drug-likeness (QED) is 0.902. The standard InChI is InChI=1S/C15H16N4O/c1-3-20-14-6-11(2)4-5-12(14)8-18-15-10-17-13(7-16)9-19-15/h4-6,9-10H,3,8H2,1-2H3,(H,18,19). The third-order valence-corrected chi connectivity index (χ3v) is 2.75. The zero-order valence-electron chi connectivity index (χ0n) is 11.6. The molecule has 1 aromatic heterocycles. The van der Waals surface area contributed by atoms with Crippen molar-refractivity contribution < 1.29 is 4.74 Å². The van der Waals surface area contributed by atoms with Crippen LogP contribution < -0.4 is 10.1 Å². The maximum atomic E-state index is 8.67. The van der Waals surface area contributed by atoms with Crippen molar-refractivity contribution in [3.05, 3.63) is 47.4 Å². The molecule has 5 heteroatoms. The van der Waals surface area contributed by atoms with E-state index in [9.17, 15) is 0 Å². The normalized spacial score (nSPS) is 9.85. The molecule has 5 nitrogen and oxygen atoms in total. The Labute approximate surface area is 118 Å². The summed E-state index contributed by atoms with van der Waals surface area (Å²) in [6, 6.07) is 8.04. The lowest BCUT2D eigenvalue weighted by atomic mass is 10.1. The highest BCUT2D eigenvalue weighted by Gasteiger charge is 2.04. The molecular formula is C15H16N4O. The number of nitriles is 1. The molecule has 0 saturated carbocycles. The van der Waals surface area contributed by atoms with Crippen molar-refractivity contribution in [2.75, 3.05) is 11.9 Å². The fraction of sp³-hybridized carbons (Fsp3) is 0.267. The zero-order chi connectivity index (χ0) is 14.4. The van der Waals surface area contributed by atoms with E-state index < -0.39 is 0 Å². The Morgan fingerprint density at radius 3 is 2.80 bits per heavy atom. The largest absolute Gasteiger partial charge is 0.494 e. The average Bonchev–Trinajstić information content (AvgIpc) is 2.47. The molecule has 0 atom stereocenters. The third-order valence-electron chi connectivity index (χ3n) is 2.75. The van der Waals surface area contributed by atoms with E-state index in [0.717, 1.165) is 16.9 Å². The maximum absolute atomic E-state index is 8.67. The van der Waals surface area contributed by atoms with Crippen LogP contribution in [0.15, 0.2) is 30.6 Å². The lowest BCUT2D eigenvalue weighted by Crippen LogP contribution is -2.05. The van der Waals surface area contributed by atoms with Gasteiger partial charge in [-0.1, -0.05) is 12.1 Å². The monoisotopic (exact) mass is 268 g/mol. The molecule has 0 aliphatic heterocycles. The average molecular weight is 268 g/mol. The van der Waals surface area contributed by atoms with E-state index in [0.29, 0.717) is 24.7 Å². The first kappa shape index (κ1) is 13.8. The molecule has 0 fully saturated rings. The van der Waals surface area contributed by atoms with Crippen LogP contribution in [0.2, 0.25) is 0 Å². The van der Waals surface area contributed by atoms with Crippen molar-refractivity contribution in [2.45, 2.75) is 20.4 Å². The number of nitrogens with one attached hydrogen (secondary N) is 1. The Balaban J connectivity index is 2.08. The molecule has 102 valence electrons. The van der Waals surface area contributed by atoms with E-state index >= 15 is 0 Å². The number of hydrogen-bond donors (Lipinski definition) is 1. The van der Waals surface area contributed by atoms with Gasteiger partial charge in [-0.3, -0.25) is 0 Å². The predicted molar refractivity (Wildman–Crippen MR) is 76.4 cm³/mol. The summed E-state index contributed by atoms with van der Waals surface area (Å²) in [5.74, 6) is 1.51. The van der Waals surface area contributed by atoms with Crippen LogP contribution in [0.4, 0.5) is 5.82 Å². The zero-order valence-corrected chi connectivity index (χ0v) is 11.6. The van der Waals surface area contributed by atoms with Gasteiger partial charge in [-0.2, -0.15) is 5.26 Å². The van der Waals surface area contributed by atoms with Crippen molar-refractivity contribution >= 4 is 5.82 Å². The second kappa shape index (κ2) is 6.53. The van der Waals surface area contributed by atoms with Gasteiger partial charge in [0.05, 0.1) is 19.0 Å². The third kappa shape index (κ3) is 3.45. The number of ether oxygens (including phenoxy) is 1. The number of nitrogens with zero attached hydrogens (tertiary/aromatic N) is 3. The number of benzene rings is 1. The van der Waals surface area contributed by atoms with Crippen molar-refractivity contribution in [1.29, 1.82) is 5.26 Å². The van der Waals surface area contributed by atoms with Gasteiger partial charge in [-0.05, 0) is 25.5 Å². The molecule has 1 aromatic carbocycles. The lowest BCUT2D eigenvalue weighted by molar-refractivity contribution is 0.336. The minimum Gasteiger partial charge on any atom is -0.494 e. The predicted octanol–water partition coefficient (Wildman–Crippen LogP) is 2.67.